The third-order valence-electron chi connectivity index (χ3n) is 2.59. The molecule has 0 saturated carbocycles. The molecule has 0 aliphatic carbocycles. The maximum atomic E-state index is 5.74. The molecular formula is C12H15ClN4. The van der Waals surface area contributed by atoms with Gasteiger partial charge in [-0.15, -0.1) is 0 Å². The van der Waals surface area contributed by atoms with Crippen LogP contribution in [0.5, 0.6) is 0 Å². The van der Waals surface area contributed by atoms with Crippen LogP contribution in [-0.2, 0) is 6.54 Å². The highest BCUT2D eigenvalue weighted by atomic mass is 35.5. The molecule has 0 saturated heterocycles. The van der Waals surface area contributed by atoms with E-state index in [1.165, 1.54) is 0 Å². The van der Waals surface area contributed by atoms with Crippen molar-refractivity contribution in [1.29, 1.82) is 0 Å². The first-order valence-corrected chi connectivity index (χ1v) is 5.97. The van der Waals surface area contributed by atoms with Gasteiger partial charge in [-0.25, -0.2) is 4.98 Å². The lowest BCUT2D eigenvalue weighted by molar-refractivity contribution is 0.658. The van der Waals surface area contributed by atoms with E-state index < -0.39 is 0 Å². The zero-order chi connectivity index (χ0) is 12.3. The third-order valence-corrected chi connectivity index (χ3v) is 2.81. The fourth-order valence-corrected chi connectivity index (χ4v) is 1.68. The number of nitrogens with zero attached hydrogens (tertiary/aromatic N) is 3. The van der Waals surface area contributed by atoms with E-state index in [0.29, 0.717) is 5.15 Å². The Morgan fingerprint density at radius 2 is 2.24 bits per heavy atom. The minimum absolute atomic E-state index is 0.193. The molecule has 5 heteroatoms. The summed E-state index contributed by atoms with van der Waals surface area (Å²) in [7, 11) is 0. The second-order valence-electron chi connectivity index (χ2n) is 3.86. The fourth-order valence-electron chi connectivity index (χ4n) is 1.57. The minimum Gasteiger partial charge on any atom is -0.377 e. The quantitative estimate of drug-likeness (QED) is 0.848. The van der Waals surface area contributed by atoms with Gasteiger partial charge in [0.2, 0.25) is 0 Å². The Hall–Kier alpha value is -1.55. The van der Waals surface area contributed by atoms with Crippen LogP contribution in [0.15, 0.2) is 30.7 Å². The van der Waals surface area contributed by atoms with Gasteiger partial charge in [-0.2, -0.15) is 5.10 Å². The lowest BCUT2D eigenvalue weighted by atomic mass is 10.2. The molecular weight excluding hydrogens is 236 g/mol. The monoisotopic (exact) mass is 250 g/mol. The molecule has 0 radical (unpaired) electrons. The first kappa shape index (κ1) is 11.9. The maximum Gasteiger partial charge on any atom is 0.129 e. The van der Waals surface area contributed by atoms with Crippen molar-refractivity contribution in [3.05, 3.63) is 41.4 Å². The Morgan fingerprint density at radius 3 is 2.82 bits per heavy atom. The number of pyridine rings is 1. The molecule has 0 aliphatic heterocycles. The first-order chi connectivity index (χ1) is 8.19. The van der Waals surface area contributed by atoms with Crippen molar-refractivity contribution in [2.45, 2.75) is 26.4 Å². The molecule has 0 aromatic carbocycles. The third kappa shape index (κ3) is 2.97. The van der Waals surface area contributed by atoms with E-state index in [1.54, 1.807) is 12.3 Å². The smallest absolute Gasteiger partial charge is 0.129 e. The van der Waals surface area contributed by atoms with Gasteiger partial charge in [-0.1, -0.05) is 11.6 Å². The van der Waals surface area contributed by atoms with Gasteiger partial charge in [0, 0.05) is 18.3 Å². The number of aromatic nitrogens is 3. The summed E-state index contributed by atoms with van der Waals surface area (Å²) >= 11 is 5.74. The largest absolute Gasteiger partial charge is 0.377 e. The predicted octanol–water partition coefficient (Wildman–Crippen LogP) is 3.12. The topological polar surface area (TPSA) is 42.7 Å². The lowest BCUT2D eigenvalue weighted by Gasteiger charge is -2.13. The van der Waals surface area contributed by atoms with Gasteiger partial charge in [0.05, 0.1) is 24.1 Å². The lowest BCUT2D eigenvalue weighted by Crippen LogP contribution is -2.06. The first-order valence-electron chi connectivity index (χ1n) is 5.59. The molecule has 0 amide bonds. The number of halogens is 1. The van der Waals surface area contributed by atoms with Crippen LogP contribution in [0.3, 0.4) is 0 Å². The zero-order valence-corrected chi connectivity index (χ0v) is 10.6. The van der Waals surface area contributed by atoms with Crippen LogP contribution < -0.4 is 5.32 Å². The summed E-state index contributed by atoms with van der Waals surface area (Å²) in [4.78, 5) is 4.03. The summed E-state index contributed by atoms with van der Waals surface area (Å²) in [6.45, 7) is 5.04. The molecule has 0 bridgehead atoms. The van der Waals surface area contributed by atoms with E-state index in [1.807, 2.05) is 23.1 Å². The number of nitrogens with one attached hydrogen (secondary N) is 1. The van der Waals surface area contributed by atoms with Gasteiger partial charge in [-0.05, 0) is 26.0 Å². The molecule has 2 heterocycles. The van der Waals surface area contributed by atoms with Gasteiger partial charge in [-0.3, -0.25) is 4.68 Å². The summed E-state index contributed by atoms with van der Waals surface area (Å²) in [6.07, 6.45) is 5.65. The minimum atomic E-state index is 0.193. The Kier molecular flexibility index (Phi) is 3.64. The zero-order valence-electron chi connectivity index (χ0n) is 9.89. The summed E-state index contributed by atoms with van der Waals surface area (Å²) < 4.78 is 1.91. The average Bonchev–Trinajstić information content (AvgIpc) is 2.81. The van der Waals surface area contributed by atoms with Crippen LogP contribution >= 0.6 is 11.6 Å². The number of hydrogen-bond acceptors (Lipinski definition) is 3. The molecule has 0 aliphatic rings. The van der Waals surface area contributed by atoms with E-state index in [9.17, 15) is 0 Å². The van der Waals surface area contributed by atoms with Crippen LogP contribution in [0.25, 0.3) is 0 Å². The van der Waals surface area contributed by atoms with Gasteiger partial charge < -0.3 is 5.32 Å². The van der Waals surface area contributed by atoms with Crippen molar-refractivity contribution in [1.82, 2.24) is 14.8 Å². The van der Waals surface area contributed by atoms with Gasteiger partial charge in [0.25, 0.3) is 0 Å². The Balaban J connectivity index is 2.05. The van der Waals surface area contributed by atoms with Crippen molar-refractivity contribution in [3.63, 3.8) is 0 Å². The molecule has 0 fully saturated rings. The second kappa shape index (κ2) is 5.19. The number of rotatable bonds is 4. The van der Waals surface area contributed by atoms with Gasteiger partial charge in [0.1, 0.15) is 5.15 Å². The Bertz CT molecular complexity index is 478. The SMILES string of the molecule is CCn1cc(C(C)Nc2ccc(Cl)nc2)cn1. The Morgan fingerprint density at radius 1 is 1.41 bits per heavy atom. The highest BCUT2D eigenvalue weighted by Gasteiger charge is 2.07. The summed E-state index contributed by atoms with van der Waals surface area (Å²) in [5, 5.41) is 8.10. The highest BCUT2D eigenvalue weighted by molar-refractivity contribution is 6.29. The van der Waals surface area contributed by atoms with Gasteiger partial charge in [0.15, 0.2) is 0 Å². The van der Waals surface area contributed by atoms with E-state index in [0.717, 1.165) is 17.8 Å². The molecule has 17 heavy (non-hydrogen) atoms. The maximum absolute atomic E-state index is 5.74. The normalized spacial score (nSPS) is 12.4. The molecule has 2 aromatic heterocycles. The summed E-state index contributed by atoms with van der Waals surface area (Å²) in [6, 6.07) is 3.88. The summed E-state index contributed by atoms with van der Waals surface area (Å²) in [5.74, 6) is 0. The molecule has 1 atom stereocenters. The average molecular weight is 251 g/mol. The van der Waals surface area contributed by atoms with Crippen molar-refractivity contribution >= 4 is 17.3 Å². The van der Waals surface area contributed by atoms with E-state index in [4.69, 9.17) is 11.6 Å². The predicted molar refractivity (Wildman–Crippen MR) is 69.2 cm³/mol. The number of anilines is 1. The standard InChI is InChI=1S/C12H15ClN4/c1-3-17-8-10(6-15-17)9(2)16-11-4-5-12(13)14-7-11/h4-9,16H,3H2,1-2H3. The van der Waals surface area contributed by atoms with Gasteiger partial charge >= 0.3 is 0 Å². The van der Waals surface area contributed by atoms with Crippen molar-refractivity contribution in [2.75, 3.05) is 5.32 Å². The van der Waals surface area contributed by atoms with Crippen LogP contribution in [0.2, 0.25) is 5.15 Å². The fraction of sp³-hybridized carbons (Fsp3) is 0.333. The van der Waals surface area contributed by atoms with E-state index in [2.05, 4.69) is 29.2 Å². The summed E-state index contributed by atoms with van der Waals surface area (Å²) in [5.41, 5.74) is 2.10. The van der Waals surface area contributed by atoms with Crippen molar-refractivity contribution in [3.8, 4) is 0 Å². The van der Waals surface area contributed by atoms with E-state index in [-0.39, 0.29) is 6.04 Å². The Labute approximate surface area is 106 Å². The van der Waals surface area contributed by atoms with Crippen LogP contribution in [0.1, 0.15) is 25.5 Å². The van der Waals surface area contributed by atoms with E-state index >= 15 is 0 Å². The molecule has 0 spiro atoms. The number of hydrogen-bond donors (Lipinski definition) is 1. The number of aryl methyl sites for hydroxylation is 1. The highest BCUT2D eigenvalue weighted by Crippen LogP contribution is 2.18. The van der Waals surface area contributed by atoms with Crippen LogP contribution in [0, 0.1) is 0 Å². The van der Waals surface area contributed by atoms with Crippen molar-refractivity contribution in [2.24, 2.45) is 0 Å². The molecule has 4 nitrogen and oxygen atoms in total. The molecule has 90 valence electrons. The second-order valence-corrected chi connectivity index (χ2v) is 4.25. The van der Waals surface area contributed by atoms with Crippen LogP contribution in [0.4, 0.5) is 5.69 Å². The molecule has 2 aromatic rings. The van der Waals surface area contributed by atoms with Crippen LogP contribution in [-0.4, -0.2) is 14.8 Å². The molecule has 1 N–H and O–H groups in total. The van der Waals surface area contributed by atoms with Crippen molar-refractivity contribution < 1.29 is 0 Å². The molecule has 2 rings (SSSR count). The molecule has 1 unspecified atom stereocenters.